The van der Waals surface area contributed by atoms with Crippen LogP contribution in [0.5, 0.6) is 0 Å². The van der Waals surface area contributed by atoms with Crippen LogP contribution in [0.15, 0.2) is 0 Å². The number of nitrogens with one attached hydrogen (secondary N) is 2. The van der Waals surface area contributed by atoms with Crippen molar-refractivity contribution in [1.82, 2.24) is 15.5 Å². The van der Waals surface area contributed by atoms with E-state index < -0.39 is 0 Å². The predicted molar refractivity (Wildman–Crippen MR) is 68.9 cm³/mol. The summed E-state index contributed by atoms with van der Waals surface area (Å²) in [6, 6.07) is 0.417. The Kier molecular flexibility index (Phi) is 4.80. The highest BCUT2D eigenvalue weighted by atomic mass is 16.2. The molecule has 98 valence electrons. The normalized spacial score (nSPS) is 31.1. The highest BCUT2D eigenvalue weighted by Crippen LogP contribution is 2.11. The Bertz CT molecular complexity index is 251. The minimum atomic E-state index is 0.0563. The Hall–Kier alpha value is -0.610. The van der Waals surface area contributed by atoms with E-state index in [0.29, 0.717) is 6.04 Å². The van der Waals surface area contributed by atoms with Crippen molar-refractivity contribution < 1.29 is 4.79 Å². The smallest absolute Gasteiger partial charge is 0.237 e. The van der Waals surface area contributed by atoms with Crippen molar-refractivity contribution in [3.05, 3.63) is 0 Å². The maximum Gasteiger partial charge on any atom is 0.237 e. The first-order valence-corrected chi connectivity index (χ1v) is 7.05. The summed E-state index contributed by atoms with van der Waals surface area (Å²) in [7, 11) is 0. The van der Waals surface area contributed by atoms with Gasteiger partial charge in [-0.25, -0.2) is 0 Å². The van der Waals surface area contributed by atoms with Crippen molar-refractivity contribution in [2.24, 2.45) is 0 Å². The molecule has 1 amide bonds. The van der Waals surface area contributed by atoms with Crippen LogP contribution < -0.4 is 10.6 Å². The van der Waals surface area contributed by atoms with E-state index in [4.69, 9.17) is 0 Å². The van der Waals surface area contributed by atoms with E-state index in [9.17, 15) is 4.79 Å². The number of nitrogens with zero attached hydrogens (tertiary/aromatic N) is 1. The van der Waals surface area contributed by atoms with E-state index in [1.807, 2.05) is 0 Å². The molecule has 2 atom stereocenters. The second-order valence-corrected chi connectivity index (χ2v) is 5.24. The van der Waals surface area contributed by atoms with E-state index in [1.54, 1.807) is 0 Å². The summed E-state index contributed by atoms with van der Waals surface area (Å²) in [6.45, 7) is 6.48. The molecule has 1 unspecified atom stereocenters. The van der Waals surface area contributed by atoms with Crippen molar-refractivity contribution in [3.8, 4) is 0 Å². The maximum absolute atomic E-state index is 12.1. The van der Waals surface area contributed by atoms with Crippen LogP contribution in [0.25, 0.3) is 0 Å². The van der Waals surface area contributed by atoms with E-state index in [2.05, 4.69) is 22.5 Å². The van der Waals surface area contributed by atoms with Crippen LogP contribution in [-0.2, 0) is 4.79 Å². The minimum absolute atomic E-state index is 0.0563. The summed E-state index contributed by atoms with van der Waals surface area (Å²) in [5, 5.41) is 6.52. The molecule has 2 rings (SSSR count). The zero-order valence-corrected chi connectivity index (χ0v) is 10.9. The minimum Gasteiger partial charge on any atom is -0.351 e. The number of hydrogen-bond acceptors (Lipinski definition) is 3. The molecule has 0 bridgehead atoms. The zero-order chi connectivity index (χ0) is 12.1. The van der Waals surface area contributed by atoms with Crippen LogP contribution in [0.2, 0.25) is 0 Å². The quantitative estimate of drug-likeness (QED) is 0.763. The fraction of sp³-hybridized carbons (Fsp3) is 0.923. The number of piperidine rings is 2. The van der Waals surface area contributed by atoms with E-state index in [-0.39, 0.29) is 11.9 Å². The molecule has 0 aromatic heterocycles. The van der Waals surface area contributed by atoms with Gasteiger partial charge >= 0.3 is 0 Å². The lowest BCUT2D eigenvalue weighted by atomic mass is 10.0. The largest absolute Gasteiger partial charge is 0.351 e. The van der Waals surface area contributed by atoms with Crippen LogP contribution in [-0.4, -0.2) is 49.1 Å². The summed E-state index contributed by atoms with van der Waals surface area (Å²) in [5.74, 6) is 0.215. The van der Waals surface area contributed by atoms with Crippen LogP contribution in [0.4, 0.5) is 0 Å². The zero-order valence-electron chi connectivity index (χ0n) is 10.9. The van der Waals surface area contributed by atoms with Crippen LogP contribution in [0, 0.1) is 0 Å². The lowest BCUT2D eigenvalue weighted by Crippen LogP contribution is -2.53. The molecule has 0 aliphatic carbocycles. The maximum atomic E-state index is 12.1. The van der Waals surface area contributed by atoms with Crippen molar-refractivity contribution in [2.75, 3.05) is 26.2 Å². The average molecular weight is 239 g/mol. The van der Waals surface area contributed by atoms with Crippen LogP contribution in [0.1, 0.15) is 39.0 Å². The number of likely N-dealkylation sites (tertiary alicyclic amines) is 1. The van der Waals surface area contributed by atoms with Crippen molar-refractivity contribution in [1.29, 1.82) is 0 Å². The highest BCUT2D eigenvalue weighted by molar-refractivity contribution is 5.82. The van der Waals surface area contributed by atoms with Gasteiger partial charge in [-0.05, 0) is 45.3 Å². The topological polar surface area (TPSA) is 44.4 Å². The van der Waals surface area contributed by atoms with Gasteiger partial charge in [-0.2, -0.15) is 0 Å². The molecule has 2 N–H and O–H groups in total. The fourth-order valence-electron chi connectivity index (χ4n) is 2.84. The molecule has 2 saturated heterocycles. The molecule has 2 aliphatic rings. The van der Waals surface area contributed by atoms with Gasteiger partial charge < -0.3 is 15.5 Å². The molecular weight excluding hydrogens is 214 g/mol. The molecule has 4 nitrogen and oxygen atoms in total. The third-order valence-corrected chi connectivity index (χ3v) is 3.93. The van der Waals surface area contributed by atoms with E-state index in [0.717, 1.165) is 32.5 Å². The summed E-state index contributed by atoms with van der Waals surface area (Å²) in [5.41, 5.74) is 0. The fourth-order valence-corrected chi connectivity index (χ4v) is 2.84. The molecule has 4 heteroatoms. The molecule has 17 heavy (non-hydrogen) atoms. The molecule has 0 spiro atoms. The van der Waals surface area contributed by atoms with E-state index in [1.165, 1.54) is 25.8 Å². The molecule has 0 aromatic carbocycles. The third-order valence-electron chi connectivity index (χ3n) is 3.93. The standard InChI is InChI=1S/C13H25N3O/c1-2-16-9-5-6-11(10-16)15-13(17)12-7-3-4-8-14-12/h11-12,14H,2-10H2,1H3,(H,15,17)/t11?,12-/m1/s1. The van der Waals surface area contributed by atoms with Gasteiger partial charge in [0.05, 0.1) is 6.04 Å². The molecule has 2 aliphatic heterocycles. The first kappa shape index (κ1) is 12.8. The van der Waals surface area contributed by atoms with Gasteiger partial charge in [-0.15, -0.1) is 0 Å². The summed E-state index contributed by atoms with van der Waals surface area (Å²) >= 11 is 0. The molecule has 2 heterocycles. The number of amides is 1. The second-order valence-electron chi connectivity index (χ2n) is 5.24. The number of rotatable bonds is 3. The van der Waals surface area contributed by atoms with Crippen molar-refractivity contribution in [2.45, 2.75) is 51.1 Å². The SMILES string of the molecule is CCN1CCCC(NC(=O)[C@H]2CCCCN2)C1. The molecule has 0 saturated carbocycles. The van der Waals surface area contributed by atoms with Gasteiger partial charge in [0, 0.05) is 12.6 Å². The second kappa shape index (κ2) is 6.36. The van der Waals surface area contributed by atoms with Gasteiger partial charge in [0.1, 0.15) is 0 Å². The Labute approximate surface area is 104 Å². The summed E-state index contributed by atoms with van der Waals surface area (Å²) in [6.07, 6.45) is 5.72. The van der Waals surface area contributed by atoms with Gasteiger partial charge in [0.25, 0.3) is 0 Å². The highest BCUT2D eigenvalue weighted by Gasteiger charge is 2.25. The number of carbonyl (C=O) groups is 1. The van der Waals surface area contributed by atoms with Gasteiger partial charge in [0.2, 0.25) is 5.91 Å². The van der Waals surface area contributed by atoms with Gasteiger partial charge in [0.15, 0.2) is 0 Å². The number of carbonyl (C=O) groups excluding carboxylic acids is 1. The van der Waals surface area contributed by atoms with Crippen molar-refractivity contribution in [3.63, 3.8) is 0 Å². The van der Waals surface area contributed by atoms with E-state index >= 15 is 0 Å². The Balaban J connectivity index is 1.77. The third kappa shape index (κ3) is 3.68. The van der Waals surface area contributed by atoms with Gasteiger partial charge in [-0.1, -0.05) is 13.3 Å². The number of likely N-dealkylation sites (N-methyl/N-ethyl adjacent to an activating group) is 1. The Morgan fingerprint density at radius 2 is 2.24 bits per heavy atom. The number of hydrogen-bond donors (Lipinski definition) is 2. The van der Waals surface area contributed by atoms with Crippen LogP contribution in [0.3, 0.4) is 0 Å². The molecule has 0 radical (unpaired) electrons. The molecule has 0 aromatic rings. The lowest BCUT2D eigenvalue weighted by Gasteiger charge is -2.33. The Morgan fingerprint density at radius 3 is 2.94 bits per heavy atom. The molecule has 2 fully saturated rings. The lowest BCUT2D eigenvalue weighted by molar-refractivity contribution is -0.124. The first-order chi connectivity index (χ1) is 8.29. The van der Waals surface area contributed by atoms with Gasteiger partial charge in [-0.3, -0.25) is 4.79 Å². The predicted octanol–water partition coefficient (Wildman–Crippen LogP) is 0.729. The monoisotopic (exact) mass is 239 g/mol. The van der Waals surface area contributed by atoms with Crippen molar-refractivity contribution >= 4 is 5.91 Å². The summed E-state index contributed by atoms with van der Waals surface area (Å²) in [4.78, 5) is 14.5. The molecular formula is C13H25N3O. The first-order valence-electron chi connectivity index (χ1n) is 7.05. The average Bonchev–Trinajstić information content (AvgIpc) is 2.40. The van der Waals surface area contributed by atoms with Crippen LogP contribution >= 0.6 is 0 Å². The summed E-state index contributed by atoms with van der Waals surface area (Å²) < 4.78 is 0. The Morgan fingerprint density at radius 1 is 1.35 bits per heavy atom.